The van der Waals surface area contributed by atoms with Gasteiger partial charge in [-0.2, -0.15) is 0 Å². The number of aldehydes is 1. The molecule has 4 heteroatoms. The predicted octanol–water partition coefficient (Wildman–Crippen LogP) is 2.24. The van der Waals surface area contributed by atoms with Crippen molar-refractivity contribution in [2.45, 2.75) is 44.7 Å². The maximum absolute atomic E-state index is 11.9. The van der Waals surface area contributed by atoms with Crippen LogP contribution >= 0.6 is 0 Å². The number of hydrogen-bond donors (Lipinski definition) is 1. The SMILES string of the molecule is CC(C)(C)N1CCC(C=O)(N(CN)c2ccccc2)CC1. The molecular formula is C17H27N3O. The van der Waals surface area contributed by atoms with Crippen molar-refractivity contribution in [3.05, 3.63) is 30.3 Å². The largest absolute Gasteiger partial charge is 0.346 e. The van der Waals surface area contributed by atoms with Gasteiger partial charge in [-0.25, -0.2) is 0 Å². The number of nitrogens with two attached hydrogens (primary N) is 1. The molecule has 1 saturated heterocycles. The average Bonchev–Trinajstić information content (AvgIpc) is 2.48. The smallest absolute Gasteiger partial charge is 0.145 e. The van der Waals surface area contributed by atoms with Gasteiger partial charge >= 0.3 is 0 Å². The Kier molecular flexibility index (Phi) is 4.69. The number of likely N-dealkylation sites (tertiary alicyclic amines) is 1. The molecule has 1 aromatic carbocycles. The lowest BCUT2D eigenvalue weighted by Gasteiger charge is -2.49. The lowest BCUT2D eigenvalue weighted by atomic mass is 9.85. The minimum Gasteiger partial charge on any atom is -0.346 e. The number of carbonyl (C=O) groups excluding carboxylic acids is 1. The van der Waals surface area contributed by atoms with Crippen molar-refractivity contribution in [1.82, 2.24) is 4.90 Å². The predicted molar refractivity (Wildman–Crippen MR) is 87.3 cm³/mol. The van der Waals surface area contributed by atoms with Crippen molar-refractivity contribution in [2.75, 3.05) is 24.7 Å². The van der Waals surface area contributed by atoms with Crippen LogP contribution in [-0.4, -0.2) is 42.0 Å². The Hall–Kier alpha value is -1.39. The molecule has 0 aromatic heterocycles. The van der Waals surface area contributed by atoms with E-state index >= 15 is 0 Å². The van der Waals surface area contributed by atoms with E-state index in [1.54, 1.807) is 0 Å². The van der Waals surface area contributed by atoms with Crippen LogP contribution < -0.4 is 10.6 Å². The second-order valence-electron chi connectivity index (χ2n) is 6.83. The summed E-state index contributed by atoms with van der Waals surface area (Å²) in [6.45, 7) is 8.87. The summed E-state index contributed by atoms with van der Waals surface area (Å²) >= 11 is 0. The molecule has 1 heterocycles. The Morgan fingerprint density at radius 2 is 1.81 bits per heavy atom. The Morgan fingerprint density at radius 3 is 2.24 bits per heavy atom. The monoisotopic (exact) mass is 289 g/mol. The van der Waals surface area contributed by atoms with Crippen LogP contribution in [0.5, 0.6) is 0 Å². The molecule has 2 rings (SSSR count). The fourth-order valence-electron chi connectivity index (χ4n) is 3.17. The molecule has 0 spiro atoms. The number of piperidine rings is 1. The zero-order valence-corrected chi connectivity index (χ0v) is 13.4. The summed E-state index contributed by atoms with van der Waals surface area (Å²) in [6.07, 6.45) is 2.74. The van der Waals surface area contributed by atoms with Gasteiger partial charge in [0.25, 0.3) is 0 Å². The second kappa shape index (κ2) is 6.16. The van der Waals surface area contributed by atoms with E-state index in [0.29, 0.717) is 6.67 Å². The molecule has 0 unspecified atom stereocenters. The van der Waals surface area contributed by atoms with Crippen LogP contribution in [0.3, 0.4) is 0 Å². The zero-order valence-electron chi connectivity index (χ0n) is 13.4. The molecule has 0 atom stereocenters. The fourth-order valence-corrected chi connectivity index (χ4v) is 3.17. The standard InChI is InChI=1S/C17H27N3O/c1-16(2,3)19-11-9-17(13-21,10-12-19)20(14-18)15-7-5-4-6-8-15/h4-8,13H,9-12,14,18H2,1-3H3. The number of benzene rings is 1. The third kappa shape index (κ3) is 3.27. The molecule has 0 aliphatic carbocycles. The summed E-state index contributed by atoms with van der Waals surface area (Å²) in [7, 11) is 0. The number of anilines is 1. The van der Waals surface area contributed by atoms with Gasteiger partial charge in [0.1, 0.15) is 6.29 Å². The Labute approximate surface area is 127 Å². The average molecular weight is 289 g/mol. The maximum atomic E-state index is 11.9. The first kappa shape index (κ1) is 16.0. The van der Waals surface area contributed by atoms with Gasteiger partial charge in [0, 0.05) is 24.3 Å². The summed E-state index contributed by atoms with van der Waals surface area (Å²) in [6, 6.07) is 10.00. The van der Waals surface area contributed by atoms with Gasteiger partial charge in [-0.3, -0.25) is 4.90 Å². The quantitative estimate of drug-likeness (QED) is 0.682. The van der Waals surface area contributed by atoms with Crippen molar-refractivity contribution in [3.8, 4) is 0 Å². The van der Waals surface area contributed by atoms with Crippen molar-refractivity contribution in [1.29, 1.82) is 0 Å². The summed E-state index contributed by atoms with van der Waals surface area (Å²) < 4.78 is 0. The summed E-state index contributed by atoms with van der Waals surface area (Å²) in [5.74, 6) is 0. The van der Waals surface area contributed by atoms with Crippen LogP contribution in [0.4, 0.5) is 5.69 Å². The molecular weight excluding hydrogens is 262 g/mol. The highest BCUT2D eigenvalue weighted by Gasteiger charge is 2.41. The molecule has 116 valence electrons. The number of rotatable bonds is 4. The summed E-state index contributed by atoms with van der Waals surface area (Å²) in [5.41, 5.74) is 6.67. The van der Waals surface area contributed by atoms with Crippen molar-refractivity contribution >= 4 is 12.0 Å². The molecule has 21 heavy (non-hydrogen) atoms. The van der Waals surface area contributed by atoms with Crippen molar-refractivity contribution in [3.63, 3.8) is 0 Å². The Balaban J connectivity index is 2.21. The van der Waals surface area contributed by atoms with E-state index in [1.807, 2.05) is 30.3 Å². The van der Waals surface area contributed by atoms with Crippen molar-refractivity contribution < 1.29 is 4.79 Å². The van der Waals surface area contributed by atoms with Gasteiger partial charge in [-0.15, -0.1) is 0 Å². The second-order valence-corrected chi connectivity index (χ2v) is 6.83. The Bertz CT molecular complexity index is 459. The first-order chi connectivity index (χ1) is 9.93. The lowest BCUT2D eigenvalue weighted by molar-refractivity contribution is -0.114. The summed E-state index contributed by atoms with van der Waals surface area (Å²) in [4.78, 5) is 16.4. The van der Waals surface area contributed by atoms with Crippen LogP contribution in [0.15, 0.2) is 30.3 Å². The van der Waals surface area contributed by atoms with Gasteiger partial charge in [0.2, 0.25) is 0 Å². The Morgan fingerprint density at radius 1 is 1.24 bits per heavy atom. The number of para-hydroxylation sites is 1. The lowest BCUT2D eigenvalue weighted by Crippen LogP contribution is -2.60. The van der Waals surface area contributed by atoms with E-state index in [0.717, 1.165) is 37.9 Å². The van der Waals surface area contributed by atoms with E-state index in [9.17, 15) is 4.79 Å². The zero-order chi connectivity index (χ0) is 15.5. The van der Waals surface area contributed by atoms with Gasteiger partial charge in [0.05, 0.1) is 12.2 Å². The van der Waals surface area contributed by atoms with E-state index in [1.165, 1.54) is 0 Å². The minimum absolute atomic E-state index is 0.148. The van der Waals surface area contributed by atoms with Gasteiger partial charge in [-0.05, 0) is 45.7 Å². The van der Waals surface area contributed by atoms with Crippen LogP contribution in [0.1, 0.15) is 33.6 Å². The molecule has 0 radical (unpaired) electrons. The number of hydrogen-bond acceptors (Lipinski definition) is 4. The van der Waals surface area contributed by atoms with Gasteiger partial charge in [-0.1, -0.05) is 18.2 Å². The van der Waals surface area contributed by atoms with E-state index < -0.39 is 5.54 Å². The molecule has 1 aliphatic heterocycles. The molecule has 0 amide bonds. The highest BCUT2D eigenvalue weighted by atomic mass is 16.1. The van der Waals surface area contributed by atoms with Gasteiger partial charge in [0.15, 0.2) is 0 Å². The molecule has 1 aliphatic rings. The fraction of sp³-hybridized carbons (Fsp3) is 0.588. The highest BCUT2D eigenvalue weighted by Crippen LogP contribution is 2.33. The van der Waals surface area contributed by atoms with Crippen LogP contribution in [0.25, 0.3) is 0 Å². The summed E-state index contributed by atoms with van der Waals surface area (Å²) in [5, 5.41) is 0. The molecule has 0 saturated carbocycles. The first-order valence-electron chi connectivity index (χ1n) is 7.67. The normalized spacial score (nSPS) is 19.2. The van der Waals surface area contributed by atoms with E-state index in [4.69, 9.17) is 5.73 Å². The third-order valence-electron chi connectivity index (χ3n) is 4.59. The molecule has 4 nitrogen and oxygen atoms in total. The van der Waals surface area contributed by atoms with E-state index in [-0.39, 0.29) is 5.54 Å². The molecule has 1 aromatic rings. The highest BCUT2D eigenvalue weighted by molar-refractivity contribution is 5.72. The molecule has 0 bridgehead atoms. The minimum atomic E-state index is -0.474. The molecule has 2 N–H and O–H groups in total. The van der Waals surface area contributed by atoms with Crippen LogP contribution in [0.2, 0.25) is 0 Å². The maximum Gasteiger partial charge on any atom is 0.145 e. The number of nitrogens with zero attached hydrogens (tertiary/aromatic N) is 2. The van der Waals surface area contributed by atoms with Crippen LogP contribution in [-0.2, 0) is 4.79 Å². The van der Waals surface area contributed by atoms with Crippen LogP contribution in [0, 0.1) is 0 Å². The first-order valence-corrected chi connectivity index (χ1v) is 7.67. The molecule has 1 fully saturated rings. The van der Waals surface area contributed by atoms with Crippen molar-refractivity contribution in [2.24, 2.45) is 5.73 Å². The van der Waals surface area contributed by atoms with E-state index in [2.05, 4.69) is 30.6 Å². The third-order valence-corrected chi connectivity index (χ3v) is 4.59. The van der Waals surface area contributed by atoms with Gasteiger partial charge < -0.3 is 15.4 Å². The number of carbonyl (C=O) groups is 1. The topological polar surface area (TPSA) is 49.6 Å².